The Bertz CT molecular complexity index is 395. The van der Waals surface area contributed by atoms with Gasteiger partial charge in [-0.15, -0.1) is 0 Å². The molecule has 0 saturated carbocycles. The number of aliphatic hydroxyl groups excluding tert-OH is 1. The second kappa shape index (κ2) is 6.61. The summed E-state index contributed by atoms with van der Waals surface area (Å²) in [6.07, 6.45) is 0.252. The average Bonchev–Trinajstić information content (AvgIpc) is 2.31. The van der Waals surface area contributed by atoms with Crippen molar-refractivity contribution in [1.29, 1.82) is 0 Å². The van der Waals surface area contributed by atoms with Gasteiger partial charge in [0, 0.05) is 10.5 Å². The highest BCUT2D eigenvalue weighted by atomic mass is 79.9. The number of hydrogen-bond donors (Lipinski definition) is 2. The van der Waals surface area contributed by atoms with Gasteiger partial charge in [-0.2, -0.15) is 0 Å². The molecule has 1 aromatic rings. The van der Waals surface area contributed by atoms with Gasteiger partial charge in [-0.1, -0.05) is 15.9 Å². The fraction of sp³-hybridized carbons (Fsp3) is 0.417. The molecule has 1 rings (SSSR count). The molecule has 0 aliphatic rings. The highest BCUT2D eigenvalue weighted by Gasteiger charge is 2.10. The standard InChI is InChI=1S/C12H16BrNO3/c1-8(7-15)14-12(16)6-9-5-10(17-2)3-4-11(9)13/h3-5,8,15H,6-7H2,1-2H3,(H,14,16). The molecule has 17 heavy (non-hydrogen) atoms. The van der Waals surface area contributed by atoms with E-state index in [4.69, 9.17) is 9.84 Å². The van der Waals surface area contributed by atoms with Crippen molar-refractivity contribution in [2.24, 2.45) is 0 Å². The number of amides is 1. The number of carbonyl (C=O) groups excluding carboxylic acids is 1. The molecular weight excluding hydrogens is 286 g/mol. The van der Waals surface area contributed by atoms with Crippen LogP contribution in [0.5, 0.6) is 5.75 Å². The Morgan fingerprint density at radius 1 is 1.59 bits per heavy atom. The van der Waals surface area contributed by atoms with E-state index in [0.29, 0.717) is 5.75 Å². The zero-order valence-corrected chi connectivity index (χ0v) is 11.5. The second-order valence-electron chi connectivity index (χ2n) is 3.79. The number of hydrogen-bond acceptors (Lipinski definition) is 3. The number of aliphatic hydroxyl groups is 1. The van der Waals surface area contributed by atoms with Crippen LogP contribution in [0.1, 0.15) is 12.5 Å². The van der Waals surface area contributed by atoms with Gasteiger partial charge in [0.15, 0.2) is 0 Å². The van der Waals surface area contributed by atoms with Gasteiger partial charge in [-0.05, 0) is 30.7 Å². The number of halogens is 1. The molecule has 0 spiro atoms. The first-order chi connectivity index (χ1) is 8.06. The molecule has 2 N–H and O–H groups in total. The Kier molecular flexibility index (Phi) is 5.44. The van der Waals surface area contributed by atoms with Crippen molar-refractivity contribution in [2.75, 3.05) is 13.7 Å². The molecule has 1 aromatic carbocycles. The van der Waals surface area contributed by atoms with Gasteiger partial charge in [0.25, 0.3) is 0 Å². The van der Waals surface area contributed by atoms with Crippen LogP contribution >= 0.6 is 15.9 Å². The van der Waals surface area contributed by atoms with Crippen LogP contribution in [0.15, 0.2) is 22.7 Å². The average molecular weight is 302 g/mol. The SMILES string of the molecule is COc1ccc(Br)c(CC(=O)NC(C)CO)c1. The third-order valence-corrected chi connectivity index (χ3v) is 3.06. The van der Waals surface area contributed by atoms with E-state index in [9.17, 15) is 4.79 Å². The number of benzene rings is 1. The van der Waals surface area contributed by atoms with Crippen molar-refractivity contribution >= 4 is 21.8 Å². The van der Waals surface area contributed by atoms with Crippen molar-refractivity contribution in [2.45, 2.75) is 19.4 Å². The number of methoxy groups -OCH3 is 1. The Hall–Kier alpha value is -1.07. The Morgan fingerprint density at radius 2 is 2.29 bits per heavy atom. The summed E-state index contributed by atoms with van der Waals surface area (Å²) in [6.45, 7) is 1.68. The summed E-state index contributed by atoms with van der Waals surface area (Å²) in [5.41, 5.74) is 0.854. The lowest BCUT2D eigenvalue weighted by atomic mass is 10.1. The minimum atomic E-state index is -0.230. The van der Waals surface area contributed by atoms with Crippen LogP contribution < -0.4 is 10.1 Å². The molecule has 1 amide bonds. The molecule has 0 aliphatic carbocycles. The summed E-state index contributed by atoms with van der Waals surface area (Å²) < 4.78 is 5.97. The summed E-state index contributed by atoms with van der Waals surface area (Å²) in [5, 5.41) is 11.5. The lowest BCUT2D eigenvalue weighted by Gasteiger charge is -2.12. The molecule has 0 saturated heterocycles. The lowest BCUT2D eigenvalue weighted by Crippen LogP contribution is -2.36. The van der Waals surface area contributed by atoms with Crippen LogP contribution in [-0.4, -0.2) is 30.8 Å². The first kappa shape index (κ1) is 14.0. The Balaban J connectivity index is 2.70. The van der Waals surface area contributed by atoms with Crippen molar-refractivity contribution in [3.8, 4) is 5.75 Å². The van der Waals surface area contributed by atoms with E-state index in [2.05, 4.69) is 21.2 Å². The molecule has 0 fully saturated rings. The van der Waals surface area contributed by atoms with E-state index in [1.54, 1.807) is 14.0 Å². The number of ether oxygens (including phenoxy) is 1. The van der Waals surface area contributed by atoms with Crippen LogP contribution in [0.4, 0.5) is 0 Å². The molecule has 0 radical (unpaired) electrons. The molecule has 1 unspecified atom stereocenters. The van der Waals surface area contributed by atoms with Gasteiger partial charge in [0.2, 0.25) is 5.91 Å². The molecule has 0 aromatic heterocycles. The number of rotatable bonds is 5. The fourth-order valence-electron chi connectivity index (χ4n) is 1.36. The van der Waals surface area contributed by atoms with Crippen LogP contribution in [0, 0.1) is 0 Å². The molecule has 4 nitrogen and oxygen atoms in total. The largest absolute Gasteiger partial charge is 0.497 e. The maximum atomic E-state index is 11.6. The smallest absolute Gasteiger partial charge is 0.224 e. The van der Waals surface area contributed by atoms with E-state index in [1.165, 1.54) is 0 Å². The molecule has 94 valence electrons. The normalized spacial score (nSPS) is 12.0. The number of carbonyl (C=O) groups is 1. The van der Waals surface area contributed by atoms with Gasteiger partial charge in [-0.25, -0.2) is 0 Å². The lowest BCUT2D eigenvalue weighted by molar-refractivity contribution is -0.121. The van der Waals surface area contributed by atoms with Crippen LogP contribution in [0.3, 0.4) is 0 Å². The summed E-state index contributed by atoms with van der Waals surface area (Å²) in [7, 11) is 1.58. The fourth-order valence-corrected chi connectivity index (χ4v) is 1.74. The molecule has 0 heterocycles. The first-order valence-corrected chi connectivity index (χ1v) is 6.08. The first-order valence-electron chi connectivity index (χ1n) is 5.29. The van der Waals surface area contributed by atoms with E-state index >= 15 is 0 Å². The zero-order valence-electron chi connectivity index (χ0n) is 9.87. The van der Waals surface area contributed by atoms with Crippen LogP contribution in [0.2, 0.25) is 0 Å². The van der Waals surface area contributed by atoms with Gasteiger partial charge in [0.05, 0.1) is 20.1 Å². The third-order valence-electron chi connectivity index (χ3n) is 2.29. The Labute approximate surface area is 109 Å². The van der Waals surface area contributed by atoms with Gasteiger partial charge in [0.1, 0.15) is 5.75 Å². The third kappa shape index (κ3) is 4.36. The maximum Gasteiger partial charge on any atom is 0.224 e. The highest BCUT2D eigenvalue weighted by molar-refractivity contribution is 9.10. The summed E-state index contributed by atoms with van der Waals surface area (Å²) >= 11 is 3.39. The topological polar surface area (TPSA) is 58.6 Å². The van der Waals surface area contributed by atoms with Crippen molar-refractivity contribution < 1.29 is 14.6 Å². The summed E-state index contributed by atoms with van der Waals surface area (Å²) in [4.78, 5) is 11.6. The van der Waals surface area contributed by atoms with Gasteiger partial charge < -0.3 is 15.2 Å². The van der Waals surface area contributed by atoms with E-state index in [1.807, 2.05) is 18.2 Å². The van der Waals surface area contributed by atoms with Gasteiger partial charge in [-0.3, -0.25) is 4.79 Å². The van der Waals surface area contributed by atoms with Crippen molar-refractivity contribution in [1.82, 2.24) is 5.32 Å². The summed E-state index contributed by atoms with van der Waals surface area (Å²) in [5.74, 6) is 0.590. The zero-order chi connectivity index (χ0) is 12.8. The van der Waals surface area contributed by atoms with E-state index in [-0.39, 0.29) is 25.0 Å². The molecule has 5 heteroatoms. The second-order valence-corrected chi connectivity index (χ2v) is 4.64. The van der Waals surface area contributed by atoms with E-state index < -0.39 is 0 Å². The van der Waals surface area contributed by atoms with Crippen molar-refractivity contribution in [3.05, 3.63) is 28.2 Å². The highest BCUT2D eigenvalue weighted by Crippen LogP contribution is 2.22. The predicted octanol–water partition coefficient (Wildman–Crippen LogP) is 1.50. The molecular formula is C12H16BrNO3. The predicted molar refractivity (Wildman–Crippen MR) is 69.1 cm³/mol. The number of nitrogens with one attached hydrogen (secondary N) is 1. The quantitative estimate of drug-likeness (QED) is 0.866. The minimum Gasteiger partial charge on any atom is -0.497 e. The van der Waals surface area contributed by atoms with Gasteiger partial charge >= 0.3 is 0 Å². The molecule has 1 atom stereocenters. The maximum absolute atomic E-state index is 11.6. The van der Waals surface area contributed by atoms with Crippen molar-refractivity contribution in [3.63, 3.8) is 0 Å². The van der Waals surface area contributed by atoms with E-state index in [0.717, 1.165) is 10.0 Å². The minimum absolute atomic E-state index is 0.0645. The van der Waals surface area contributed by atoms with Crippen LogP contribution in [0.25, 0.3) is 0 Å². The van der Waals surface area contributed by atoms with Crippen LogP contribution in [-0.2, 0) is 11.2 Å². The Morgan fingerprint density at radius 3 is 2.88 bits per heavy atom. The molecule has 0 aliphatic heterocycles. The monoisotopic (exact) mass is 301 g/mol. The molecule has 0 bridgehead atoms. The summed E-state index contributed by atoms with van der Waals surface area (Å²) in [6, 6.07) is 5.25.